The Bertz CT molecular complexity index is 184. The largest absolute Gasteiger partial charge is 0.395 e. The van der Waals surface area contributed by atoms with Crippen LogP contribution in [0.5, 0.6) is 0 Å². The highest BCUT2D eigenvalue weighted by atomic mass is 16.3. The van der Waals surface area contributed by atoms with Gasteiger partial charge in [-0.3, -0.25) is 4.79 Å². The third-order valence-corrected chi connectivity index (χ3v) is 2.63. The number of carbonyl (C=O) groups is 1. The third-order valence-electron chi connectivity index (χ3n) is 2.63. The number of amides is 1. The second kappa shape index (κ2) is 4.58. The summed E-state index contributed by atoms with van der Waals surface area (Å²) in [6, 6.07) is 0.191. The van der Waals surface area contributed by atoms with Gasteiger partial charge in [0.2, 0.25) is 5.91 Å². The summed E-state index contributed by atoms with van der Waals surface area (Å²) < 4.78 is 0. The number of hydrogen-bond donors (Lipinski definition) is 2. The van der Waals surface area contributed by atoms with Gasteiger partial charge in [0.15, 0.2) is 0 Å². The molecular formula is C9H18N2O2. The molecule has 0 radical (unpaired) electrons. The summed E-state index contributed by atoms with van der Waals surface area (Å²) in [4.78, 5) is 13.2. The minimum absolute atomic E-state index is 0.0288. The molecule has 0 saturated heterocycles. The molecule has 3 N–H and O–H groups in total. The molecule has 2 unspecified atom stereocenters. The first-order valence-corrected chi connectivity index (χ1v) is 4.76. The number of rotatable bonds is 3. The van der Waals surface area contributed by atoms with Crippen molar-refractivity contribution >= 4 is 5.91 Å². The van der Waals surface area contributed by atoms with Gasteiger partial charge in [-0.2, -0.15) is 0 Å². The van der Waals surface area contributed by atoms with Crippen LogP contribution in [-0.4, -0.2) is 42.2 Å². The number of aliphatic hydroxyl groups is 1. The monoisotopic (exact) mass is 186 g/mol. The molecule has 1 saturated carbocycles. The highest BCUT2D eigenvalue weighted by Gasteiger charge is 2.29. The zero-order valence-electron chi connectivity index (χ0n) is 8.07. The Balaban J connectivity index is 2.38. The maximum Gasteiger partial charge on any atom is 0.225 e. The van der Waals surface area contributed by atoms with Crippen LogP contribution in [0.1, 0.15) is 19.3 Å². The molecule has 1 aliphatic carbocycles. The van der Waals surface area contributed by atoms with E-state index in [0.29, 0.717) is 6.54 Å². The molecular weight excluding hydrogens is 168 g/mol. The summed E-state index contributed by atoms with van der Waals surface area (Å²) in [6.07, 6.45) is 2.65. The lowest BCUT2D eigenvalue weighted by molar-refractivity contribution is -0.134. The Kier molecular flexibility index (Phi) is 3.69. The van der Waals surface area contributed by atoms with Crippen LogP contribution in [0.15, 0.2) is 0 Å². The van der Waals surface area contributed by atoms with E-state index in [1.807, 2.05) is 0 Å². The molecule has 0 spiro atoms. The van der Waals surface area contributed by atoms with E-state index in [-0.39, 0.29) is 24.5 Å². The van der Waals surface area contributed by atoms with E-state index >= 15 is 0 Å². The zero-order chi connectivity index (χ0) is 9.84. The Labute approximate surface area is 78.7 Å². The van der Waals surface area contributed by atoms with Gasteiger partial charge in [0.05, 0.1) is 6.61 Å². The van der Waals surface area contributed by atoms with Gasteiger partial charge < -0.3 is 15.7 Å². The van der Waals surface area contributed by atoms with Gasteiger partial charge in [0, 0.05) is 25.6 Å². The number of carbonyl (C=O) groups excluding carboxylic acids is 1. The van der Waals surface area contributed by atoms with Gasteiger partial charge in [-0.15, -0.1) is 0 Å². The van der Waals surface area contributed by atoms with E-state index in [4.69, 9.17) is 10.8 Å². The van der Waals surface area contributed by atoms with Crippen molar-refractivity contribution in [3.05, 3.63) is 0 Å². The first-order chi connectivity index (χ1) is 6.15. The number of aliphatic hydroxyl groups excluding tert-OH is 1. The smallest absolute Gasteiger partial charge is 0.225 e. The summed E-state index contributed by atoms with van der Waals surface area (Å²) in [5.41, 5.74) is 5.72. The molecule has 0 heterocycles. The number of nitrogens with two attached hydrogens (primary N) is 1. The van der Waals surface area contributed by atoms with Crippen LogP contribution in [0.2, 0.25) is 0 Å². The van der Waals surface area contributed by atoms with Crippen LogP contribution in [0.4, 0.5) is 0 Å². The highest BCUT2D eigenvalue weighted by Crippen LogP contribution is 2.25. The van der Waals surface area contributed by atoms with Crippen molar-refractivity contribution in [3.8, 4) is 0 Å². The van der Waals surface area contributed by atoms with Crippen molar-refractivity contribution in [3.63, 3.8) is 0 Å². The summed E-state index contributed by atoms with van der Waals surface area (Å²) in [7, 11) is 1.72. The van der Waals surface area contributed by atoms with Gasteiger partial charge in [-0.25, -0.2) is 0 Å². The lowest BCUT2D eigenvalue weighted by Gasteiger charge is -2.19. The predicted octanol–water partition coefficient (Wildman–Crippen LogP) is -0.435. The van der Waals surface area contributed by atoms with Crippen molar-refractivity contribution in [1.29, 1.82) is 0 Å². The first kappa shape index (κ1) is 10.5. The molecule has 76 valence electrons. The molecule has 4 nitrogen and oxygen atoms in total. The van der Waals surface area contributed by atoms with E-state index < -0.39 is 0 Å². The van der Waals surface area contributed by atoms with Gasteiger partial charge >= 0.3 is 0 Å². The Hall–Kier alpha value is -0.610. The zero-order valence-corrected chi connectivity index (χ0v) is 8.07. The minimum atomic E-state index is 0.0288. The van der Waals surface area contributed by atoms with Crippen LogP contribution in [0.3, 0.4) is 0 Å². The van der Waals surface area contributed by atoms with Crippen molar-refractivity contribution in [2.75, 3.05) is 20.2 Å². The van der Waals surface area contributed by atoms with E-state index in [0.717, 1.165) is 19.3 Å². The van der Waals surface area contributed by atoms with E-state index in [9.17, 15) is 4.79 Å². The predicted molar refractivity (Wildman–Crippen MR) is 50.0 cm³/mol. The molecule has 0 aliphatic heterocycles. The lowest BCUT2D eigenvalue weighted by atomic mass is 10.1. The molecule has 4 heteroatoms. The molecule has 2 atom stereocenters. The molecule has 13 heavy (non-hydrogen) atoms. The maximum absolute atomic E-state index is 11.6. The minimum Gasteiger partial charge on any atom is -0.395 e. The van der Waals surface area contributed by atoms with Crippen LogP contribution in [0, 0.1) is 5.92 Å². The number of likely N-dealkylation sites (N-methyl/N-ethyl adjacent to an activating group) is 1. The number of hydrogen-bond acceptors (Lipinski definition) is 3. The molecule has 1 fully saturated rings. The summed E-state index contributed by atoms with van der Waals surface area (Å²) in [5, 5.41) is 8.66. The normalized spacial score (nSPS) is 27.6. The first-order valence-electron chi connectivity index (χ1n) is 4.76. The summed E-state index contributed by atoms with van der Waals surface area (Å²) in [6.45, 7) is 0.450. The molecule has 0 aromatic heterocycles. The average Bonchev–Trinajstić information content (AvgIpc) is 2.51. The summed E-state index contributed by atoms with van der Waals surface area (Å²) in [5.74, 6) is 0.216. The lowest BCUT2D eigenvalue weighted by Crippen LogP contribution is -2.34. The van der Waals surface area contributed by atoms with Crippen molar-refractivity contribution in [1.82, 2.24) is 4.90 Å². The fraction of sp³-hybridized carbons (Fsp3) is 0.889. The SMILES string of the molecule is CN(CCO)C(=O)C1CCC(N)C1. The van der Waals surface area contributed by atoms with E-state index in [1.54, 1.807) is 11.9 Å². The maximum atomic E-state index is 11.6. The van der Waals surface area contributed by atoms with Crippen molar-refractivity contribution in [2.45, 2.75) is 25.3 Å². The van der Waals surface area contributed by atoms with E-state index in [1.165, 1.54) is 0 Å². The summed E-state index contributed by atoms with van der Waals surface area (Å²) >= 11 is 0. The Morgan fingerprint density at radius 2 is 2.31 bits per heavy atom. The second-order valence-corrected chi connectivity index (χ2v) is 3.75. The second-order valence-electron chi connectivity index (χ2n) is 3.75. The topological polar surface area (TPSA) is 66.6 Å². The Morgan fingerprint density at radius 3 is 2.77 bits per heavy atom. The molecule has 1 aliphatic rings. The van der Waals surface area contributed by atoms with Crippen LogP contribution >= 0.6 is 0 Å². The van der Waals surface area contributed by atoms with E-state index in [2.05, 4.69) is 0 Å². The Morgan fingerprint density at radius 1 is 1.62 bits per heavy atom. The highest BCUT2D eigenvalue weighted by molar-refractivity contribution is 5.78. The van der Waals surface area contributed by atoms with Gasteiger partial charge in [0.1, 0.15) is 0 Å². The third kappa shape index (κ3) is 2.67. The number of nitrogens with zero attached hydrogens (tertiary/aromatic N) is 1. The molecule has 1 rings (SSSR count). The molecule has 0 aromatic rings. The standard InChI is InChI=1S/C9H18N2O2/c1-11(4-5-12)9(13)7-2-3-8(10)6-7/h7-8,12H,2-6,10H2,1H3. The quantitative estimate of drug-likeness (QED) is 0.628. The molecule has 1 amide bonds. The van der Waals surface area contributed by atoms with Gasteiger partial charge in [-0.05, 0) is 19.3 Å². The van der Waals surface area contributed by atoms with Gasteiger partial charge in [-0.1, -0.05) is 0 Å². The molecule has 0 aromatic carbocycles. The van der Waals surface area contributed by atoms with Crippen LogP contribution < -0.4 is 5.73 Å². The van der Waals surface area contributed by atoms with Crippen LogP contribution in [0.25, 0.3) is 0 Å². The van der Waals surface area contributed by atoms with Crippen LogP contribution in [-0.2, 0) is 4.79 Å². The van der Waals surface area contributed by atoms with Crippen molar-refractivity contribution in [2.24, 2.45) is 11.7 Å². The molecule has 0 bridgehead atoms. The van der Waals surface area contributed by atoms with Gasteiger partial charge in [0.25, 0.3) is 0 Å². The fourth-order valence-corrected chi connectivity index (χ4v) is 1.81. The average molecular weight is 186 g/mol. The fourth-order valence-electron chi connectivity index (χ4n) is 1.81. The van der Waals surface area contributed by atoms with Crippen molar-refractivity contribution < 1.29 is 9.90 Å².